The molecule has 0 amide bonds. The number of nitrogens with zero attached hydrogens (tertiary/aromatic N) is 2. The number of rotatable bonds is 9. The van der Waals surface area contributed by atoms with Gasteiger partial charge in [-0.15, -0.1) is 0 Å². The molecule has 1 aliphatic heterocycles. The van der Waals surface area contributed by atoms with Crippen LogP contribution in [-0.4, -0.2) is 60.8 Å². The van der Waals surface area contributed by atoms with E-state index < -0.39 is 0 Å². The molecule has 3 rings (SSSR count). The highest BCUT2D eigenvalue weighted by Gasteiger charge is 2.13. The van der Waals surface area contributed by atoms with Crippen molar-refractivity contribution in [1.82, 2.24) is 15.1 Å². The van der Waals surface area contributed by atoms with E-state index in [9.17, 15) is 0 Å². The SMILES string of the molecule is S=C(NCCc1ccccc1)N(CCCN1CCOCC1)Cc1ccc(Cl)cc1. The summed E-state index contributed by atoms with van der Waals surface area (Å²) < 4.78 is 5.44. The van der Waals surface area contributed by atoms with Gasteiger partial charge in [0, 0.05) is 44.3 Å². The van der Waals surface area contributed by atoms with Crippen LogP contribution in [0.3, 0.4) is 0 Å². The van der Waals surface area contributed by atoms with Crippen LogP contribution in [0.15, 0.2) is 54.6 Å². The Hall–Kier alpha value is -1.66. The molecule has 29 heavy (non-hydrogen) atoms. The molecule has 1 N–H and O–H groups in total. The fourth-order valence-corrected chi connectivity index (χ4v) is 3.83. The van der Waals surface area contributed by atoms with Crippen molar-refractivity contribution in [2.24, 2.45) is 0 Å². The van der Waals surface area contributed by atoms with Crippen molar-refractivity contribution in [3.63, 3.8) is 0 Å². The van der Waals surface area contributed by atoms with Gasteiger partial charge in [0.15, 0.2) is 5.11 Å². The van der Waals surface area contributed by atoms with Gasteiger partial charge in [-0.1, -0.05) is 54.1 Å². The Labute approximate surface area is 184 Å². The number of ether oxygens (including phenoxy) is 1. The molecular formula is C23H30ClN3OS. The van der Waals surface area contributed by atoms with Crippen LogP contribution < -0.4 is 5.32 Å². The number of morpholine rings is 1. The van der Waals surface area contributed by atoms with E-state index in [0.717, 1.165) is 75.5 Å². The van der Waals surface area contributed by atoms with Gasteiger partial charge in [0.2, 0.25) is 0 Å². The second kappa shape index (κ2) is 12.1. The Morgan fingerprint density at radius 2 is 1.76 bits per heavy atom. The summed E-state index contributed by atoms with van der Waals surface area (Å²) in [5.74, 6) is 0. The molecule has 1 saturated heterocycles. The molecular weight excluding hydrogens is 402 g/mol. The summed E-state index contributed by atoms with van der Waals surface area (Å²) in [6, 6.07) is 18.5. The van der Waals surface area contributed by atoms with Crippen LogP contribution in [0, 0.1) is 0 Å². The highest BCUT2D eigenvalue weighted by molar-refractivity contribution is 7.80. The first kappa shape index (κ1) is 22.0. The molecule has 1 aliphatic rings. The third kappa shape index (κ3) is 7.94. The number of benzene rings is 2. The van der Waals surface area contributed by atoms with Gasteiger partial charge in [-0.2, -0.15) is 0 Å². The molecule has 0 bridgehead atoms. The molecule has 0 unspecified atom stereocenters. The van der Waals surface area contributed by atoms with Crippen LogP contribution in [0.1, 0.15) is 17.5 Å². The first-order valence-electron chi connectivity index (χ1n) is 10.3. The minimum Gasteiger partial charge on any atom is -0.379 e. The van der Waals surface area contributed by atoms with Crippen molar-refractivity contribution in [2.75, 3.05) is 45.9 Å². The molecule has 0 aliphatic carbocycles. The lowest BCUT2D eigenvalue weighted by atomic mass is 10.1. The maximum absolute atomic E-state index is 6.04. The van der Waals surface area contributed by atoms with Crippen LogP contribution in [0.25, 0.3) is 0 Å². The Bertz CT molecular complexity index is 736. The van der Waals surface area contributed by atoms with E-state index in [0.29, 0.717) is 0 Å². The lowest BCUT2D eigenvalue weighted by Gasteiger charge is -2.29. The molecule has 4 nitrogen and oxygen atoms in total. The summed E-state index contributed by atoms with van der Waals surface area (Å²) in [5.41, 5.74) is 2.53. The van der Waals surface area contributed by atoms with Crippen molar-refractivity contribution >= 4 is 28.9 Å². The molecule has 1 fully saturated rings. The lowest BCUT2D eigenvalue weighted by molar-refractivity contribution is 0.0367. The van der Waals surface area contributed by atoms with Crippen molar-refractivity contribution < 1.29 is 4.74 Å². The van der Waals surface area contributed by atoms with Crippen LogP contribution in [0.2, 0.25) is 5.02 Å². The average molecular weight is 432 g/mol. The summed E-state index contributed by atoms with van der Waals surface area (Å²) in [5, 5.41) is 5.03. The topological polar surface area (TPSA) is 27.7 Å². The smallest absolute Gasteiger partial charge is 0.169 e. The van der Waals surface area contributed by atoms with Crippen molar-refractivity contribution in [3.05, 3.63) is 70.7 Å². The molecule has 2 aromatic rings. The number of thiocarbonyl (C=S) groups is 1. The largest absolute Gasteiger partial charge is 0.379 e. The molecule has 0 radical (unpaired) electrons. The minimum absolute atomic E-state index is 0.760. The Kier molecular flexibility index (Phi) is 9.22. The molecule has 0 spiro atoms. The molecule has 1 heterocycles. The normalized spacial score (nSPS) is 14.5. The van der Waals surface area contributed by atoms with E-state index in [1.54, 1.807) is 0 Å². The number of halogens is 1. The minimum atomic E-state index is 0.760. The van der Waals surface area contributed by atoms with Crippen molar-refractivity contribution in [2.45, 2.75) is 19.4 Å². The van der Waals surface area contributed by atoms with Gasteiger partial charge in [-0.05, 0) is 48.3 Å². The third-order valence-electron chi connectivity index (χ3n) is 5.11. The van der Waals surface area contributed by atoms with Gasteiger partial charge < -0.3 is 15.0 Å². The van der Waals surface area contributed by atoms with Gasteiger partial charge in [-0.25, -0.2) is 0 Å². The number of nitrogens with one attached hydrogen (secondary N) is 1. The quantitative estimate of drug-likeness (QED) is 0.606. The standard InChI is InChI=1S/C23H30ClN3OS/c24-22-9-7-21(8-10-22)19-27(14-4-13-26-15-17-28-18-16-26)23(29)25-12-11-20-5-2-1-3-6-20/h1-3,5-10H,4,11-19H2,(H,25,29). The summed E-state index contributed by atoms with van der Waals surface area (Å²) in [6.45, 7) is 7.36. The first-order chi connectivity index (χ1) is 14.2. The van der Waals surface area contributed by atoms with Gasteiger partial charge in [0.05, 0.1) is 13.2 Å². The highest BCUT2D eigenvalue weighted by atomic mass is 35.5. The van der Waals surface area contributed by atoms with E-state index in [1.807, 2.05) is 18.2 Å². The molecule has 0 saturated carbocycles. The van der Waals surface area contributed by atoms with Crippen LogP contribution in [-0.2, 0) is 17.7 Å². The van der Waals surface area contributed by atoms with Crippen LogP contribution >= 0.6 is 23.8 Å². The van der Waals surface area contributed by atoms with Gasteiger partial charge >= 0.3 is 0 Å². The molecule has 0 aromatic heterocycles. The maximum Gasteiger partial charge on any atom is 0.169 e. The van der Waals surface area contributed by atoms with Crippen LogP contribution in [0.4, 0.5) is 0 Å². The summed E-state index contributed by atoms with van der Waals surface area (Å²) in [6.07, 6.45) is 2.04. The van der Waals surface area contributed by atoms with E-state index in [1.165, 1.54) is 11.1 Å². The fraction of sp³-hybridized carbons (Fsp3) is 0.435. The maximum atomic E-state index is 6.04. The summed E-state index contributed by atoms with van der Waals surface area (Å²) in [7, 11) is 0. The summed E-state index contributed by atoms with van der Waals surface area (Å²) in [4.78, 5) is 4.74. The van der Waals surface area contributed by atoms with E-state index >= 15 is 0 Å². The second-order valence-electron chi connectivity index (χ2n) is 7.32. The molecule has 156 valence electrons. The number of hydrogen-bond acceptors (Lipinski definition) is 3. The average Bonchev–Trinajstić information content (AvgIpc) is 2.76. The molecule has 6 heteroatoms. The monoisotopic (exact) mass is 431 g/mol. The van der Waals surface area contributed by atoms with E-state index in [-0.39, 0.29) is 0 Å². The van der Waals surface area contributed by atoms with Gasteiger partial charge in [-0.3, -0.25) is 4.90 Å². The molecule has 0 atom stereocenters. The zero-order chi connectivity index (χ0) is 20.3. The zero-order valence-electron chi connectivity index (χ0n) is 16.9. The fourth-order valence-electron chi connectivity index (χ4n) is 3.44. The molecule has 2 aromatic carbocycles. The van der Waals surface area contributed by atoms with Gasteiger partial charge in [0.25, 0.3) is 0 Å². The van der Waals surface area contributed by atoms with E-state index in [4.69, 9.17) is 28.6 Å². The highest BCUT2D eigenvalue weighted by Crippen LogP contribution is 2.12. The number of hydrogen-bond donors (Lipinski definition) is 1. The van der Waals surface area contributed by atoms with E-state index in [2.05, 4.69) is 51.5 Å². The zero-order valence-corrected chi connectivity index (χ0v) is 18.4. The Balaban J connectivity index is 1.51. The van der Waals surface area contributed by atoms with Crippen molar-refractivity contribution in [3.8, 4) is 0 Å². The Morgan fingerprint density at radius 3 is 2.48 bits per heavy atom. The van der Waals surface area contributed by atoms with Crippen LogP contribution in [0.5, 0.6) is 0 Å². The summed E-state index contributed by atoms with van der Waals surface area (Å²) >= 11 is 11.8. The Morgan fingerprint density at radius 1 is 1.03 bits per heavy atom. The predicted molar refractivity (Wildman–Crippen MR) is 124 cm³/mol. The predicted octanol–water partition coefficient (Wildman–Crippen LogP) is 3.98. The lowest BCUT2D eigenvalue weighted by Crippen LogP contribution is -2.42. The first-order valence-corrected chi connectivity index (χ1v) is 11.1. The van der Waals surface area contributed by atoms with Crippen molar-refractivity contribution in [1.29, 1.82) is 0 Å². The van der Waals surface area contributed by atoms with Gasteiger partial charge in [0.1, 0.15) is 0 Å². The third-order valence-corrected chi connectivity index (χ3v) is 5.77. The second-order valence-corrected chi connectivity index (χ2v) is 8.15.